The first-order chi connectivity index (χ1) is 19.2. The molecule has 0 aromatic heterocycles. The lowest BCUT2D eigenvalue weighted by atomic mass is 9.74. The minimum atomic E-state index is -0.129. The summed E-state index contributed by atoms with van der Waals surface area (Å²) in [5.41, 5.74) is 6.69. The molecule has 0 saturated heterocycles. The number of phenolic OH excluding ortho intramolecular Hbond substituents is 2. The van der Waals surface area contributed by atoms with Gasteiger partial charge < -0.3 is 10.2 Å². The van der Waals surface area contributed by atoms with Crippen LogP contribution in [0.2, 0.25) is 0 Å². The minimum Gasteiger partial charge on any atom is -0.507 e. The van der Waals surface area contributed by atoms with Gasteiger partial charge in [0.15, 0.2) is 0 Å². The van der Waals surface area contributed by atoms with E-state index in [-0.39, 0.29) is 22.0 Å². The lowest BCUT2D eigenvalue weighted by Gasteiger charge is -2.31. The summed E-state index contributed by atoms with van der Waals surface area (Å²) in [7, 11) is 0. The lowest BCUT2D eigenvalue weighted by Crippen LogP contribution is -2.22. The molecule has 0 unspecified atom stereocenters. The Labute approximate surface area is 248 Å². The first-order valence-corrected chi connectivity index (χ1v) is 15.1. The van der Waals surface area contributed by atoms with Crippen LogP contribution in [0.3, 0.4) is 0 Å². The van der Waals surface area contributed by atoms with E-state index in [1.165, 1.54) is 5.56 Å². The molecule has 0 aliphatic heterocycles. The van der Waals surface area contributed by atoms with Crippen molar-refractivity contribution in [2.24, 2.45) is 9.98 Å². The molecule has 0 bridgehead atoms. The van der Waals surface area contributed by atoms with E-state index in [9.17, 15) is 10.2 Å². The molecule has 0 aliphatic rings. The molecule has 0 atom stereocenters. The van der Waals surface area contributed by atoms with Crippen molar-refractivity contribution in [2.75, 3.05) is 0 Å². The van der Waals surface area contributed by atoms with Gasteiger partial charge in [0.25, 0.3) is 0 Å². The van der Waals surface area contributed by atoms with Crippen molar-refractivity contribution in [1.29, 1.82) is 0 Å². The predicted molar refractivity (Wildman–Crippen MR) is 176 cm³/mol. The molecule has 220 valence electrons. The SMILES string of the molecule is CCC(C)(CC)c1cc(C)cc(C=Nc2ccccc2N=Cc2cc(C(C)(C)C)cc(C(C)(CC)CC)c2O)c1O. The van der Waals surface area contributed by atoms with Crippen molar-refractivity contribution >= 4 is 23.8 Å². The minimum absolute atomic E-state index is 0.0735. The Bertz CT molecular complexity index is 1420. The van der Waals surface area contributed by atoms with Crippen LogP contribution in [0.15, 0.2) is 58.5 Å². The fourth-order valence-corrected chi connectivity index (χ4v) is 5.24. The van der Waals surface area contributed by atoms with E-state index in [1.54, 1.807) is 12.4 Å². The second-order valence-corrected chi connectivity index (χ2v) is 13.0. The van der Waals surface area contributed by atoms with Gasteiger partial charge in [-0.3, -0.25) is 9.98 Å². The molecule has 4 nitrogen and oxygen atoms in total. The monoisotopic (exact) mass is 554 g/mol. The van der Waals surface area contributed by atoms with Crippen LogP contribution in [-0.4, -0.2) is 22.6 Å². The fraction of sp³-hybridized carbons (Fsp3) is 0.459. The molecule has 2 N–H and O–H groups in total. The Hall–Kier alpha value is -3.40. The van der Waals surface area contributed by atoms with E-state index in [2.05, 4.69) is 81.4 Å². The second-order valence-electron chi connectivity index (χ2n) is 13.0. The highest BCUT2D eigenvalue weighted by Crippen LogP contribution is 2.42. The number of aromatic hydroxyl groups is 2. The summed E-state index contributed by atoms with van der Waals surface area (Å²) in [6.07, 6.45) is 7.23. The van der Waals surface area contributed by atoms with Gasteiger partial charge in [-0.1, -0.05) is 86.6 Å². The summed E-state index contributed by atoms with van der Waals surface area (Å²) in [5, 5.41) is 22.6. The fourth-order valence-electron chi connectivity index (χ4n) is 5.24. The number of para-hydroxylation sites is 2. The van der Waals surface area contributed by atoms with E-state index in [1.807, 2.05) is 36.4 Å². The lowest BCUT2D eigenvalue weighted by molar-refractivity contribution is 0.395. The van der Waals surface area contributed by atoms with Crippen LogP contribution in [0.25, 0.3) is 0 Å². The van der Waals surface area contributed by atoms with E-state index >= 15 is 0 Å². The number of benzene rings is 3. The van der Waals surface area contributed by atoms with Crippen molar-refractivity contribution in [3.8, 4) is 11.5 Å². The summed E-state index contributed by atoms with van der Waals surface area (Å²) < 4.78 is 0. The number of hydrogen-bond donors (Lipinski definition) is 2. The highest BCUT2D eigenvalue weighted by Gasteiger charge is 2.29. The van der Waals surface area contributed by atoms with Gasteiger partial charge in [-0.2, -0.15) is 0 Å². The molecule has 0 saturated carbocycles. The van der Waals surface area contributed by atoms with Crippen LogP contribution < -0.4 is 0 Å². The van der Waals surface area contributed by atoms with Crippen molar-refractivity contribution in [1.82, 2.24) is 0 Å². The first kappa shape index (κ1) is 32.1. The number of aryl methyl sites for hydroxylation is 1. The van der Waals surface area contributed by atoms with Gasteiger partial charge in [0.05, 0.1) is 11.4 Å². The summed E-state index contributed by atoms with van der Waals surface area (Å²) in [6.45, 7) is 21.7. The Balaban J connectivity index is 2.08. The zero-order valence-electron chi connectivity index (χ0n) is 26.9. The third-order valence-corrected chi connectivity index (χ3v) is 9.28. The highest BCUT2D eigenvalue weighted by atomic mass is 16.3. The predicted octanol–water partition coefficient (Wildman–Crippen LogP) is 10.4. The molecule has 3 rings (SSSR count). The van der Waals surface area contributed by atoms with Crippen LogP contribution in [0.4, 0.5) is 11.4 Å². The molecule has 3 aromatic rings. The third kappa shape index (κ3) is 6.92. The van der Waals surface area contributed by atoms with Crippen LogP contribution in [0.1, 0.15) is 121 Å². The molecule has 0 spiro atoms. The van der Waals surface area contributed by atoms with Crippen LogP contribution >= 0.6 is 0 Å². The maximum absolute atomic E-state index is 11.4. The largest absolute Gasteiger partial charge is 0.507 e. The summed E-state index contributed by atoms with van der Waals surface area (Å²) >= 11 is 0. The van der Waals surface area contributed by atoms with E-state index in [0.29, 0.717) is 28.3 Å². The van der Waals surface area contributed by atoms with Gasteiger partial charge in [-0.25, -0.2) is 0 Å². The van der Waals surface area contributed by atoms with Crippen molar-refractivity contribution in [2.45, 2.75) is 111 Å². The Morgan fingerprint density at radius 3 is 1.46 bits per heavy atom. The maximum Gasteiger partial charge on any atom is 0.128 e. The molecule has 0 radical (unpaired) electrons. The Morgan fingerprint density at radius 2 is 1.05 bits per heavy atom. The first-order valence-electron chi connectivity index (χ1n) is 15.1. The molecule has 0 heterocycles. The van der Waals surface area contributed by atoms with Crippen molar-refractivity contribution < 1.29 is 10.2 Å². The van der Waals surface area contributed by atoms with E-state index in [0.717, 1.165) is 42.4 Å². The number of rotatable bonds is 10. The number of nitrogens with zero attached hydrogens (tertiary/aromatic N) is 2. The molecule has 4 heteroatoms. The molecule has 41 heavy (non-hydrogen) atoms. The highest BCUT2D eigenvalue weighted by molar-refractivity contribution is 5.90. The summed E-state index contributed by atoms with van der Waals surface area (Å²) in [6, 6.07) is 16.0. The van der Waals surface area contributed by atoms with Gasteiger partial charge >= 0.3 is 0 Å². The third-order valence-electron chi connectivity index (χ3n) is 9.28. The molecule has 3 aromatic carbocycles. The standard InChI is InChI=1S/C37H50N2O2/c1-11-36(9,12-2)29-20-25(5)19-26(33(29)40)23-38-31-17-15-16-18-32(31)39-24-27-21-28(35(6,7)8)22-30(34(27)41)37(10,13-3)14-4/h15-24,40-41H,11-14H2,1-10H3. The zero-order valence-corrected chi connectivity index (χ0v) is 26.9. The van der Waals surface area contributed by atoms with Crippen LogP contribution in [0.5, 0.6) is 11.5 Å². The molecule has 0 aliphatic carbocycles. The van der Waals surface area contributed by atoms with E-state index in [4.69, 9.17) is 9.98 Å². The van der Waals surface area contributed by atoms with Gasteiger partial charge in [0, 0.05) is 34.7 Å². The molecule has 0 fully saturated rings. The summed E-state index contributed by atoms with van der Waals surface area (Å²) in [5.74, 6) is 0.582. The van der Waals surface area contributed by atoms with Crippen LogP contribution in [-0.2, 0) is 16.2 Å². The molecular weight excluding hydrogens is 504 g/mol. The topological polar surface area (TPSA) is 65.2 Å². The normalized spacial score (nSPS) is 13.0. The average molecular weight is 555 g/mol. The van der Waals surface area contributed by atoms with E-state index < -0.39 is 0 Å². The van der Waals surface area contributed by atoms with Gasteiger partial charge in [0.2, 0.25) is 0 Å². The zero-order chi connectivity index (χ0) is 30.6. The van der Waals surface area contributed by atoms with Crippen LogP contribution in [0, 0.1) is 6.92 Å². The number of aliphatic imine (C=N–C) groups is 2. The van der Waals surface area contributed by atoms with Crippen molar-refractivity contribution in [3.63, 3.8) is 0 Å². The molecule has 0 amide bonds. The number of phenols is 2. The van der Waals surface area contributed by atoms with Gasteiger partial charge in [0.1, 0.15) is 11.5 Å². The number of hydrogen-bond acceptors (Lipinski definition) is 4. The summed E-state index contributed by atoms with van der Waals surface area (Å²) in [4.78, 5) is 9.58. The van der Waals surface area contributed by atoms with Gasteiger partial charge in [-0.15, -0.1) is 0 Å². The van der Waals surface area contributed by atoms with Gasteiger partial charge in [-0.05, 0) is 84.2 Å². The smallest absolute Gasteiger partial charge is 0.128 e. The average Bonchev–Trinajstić information content (AvgIpc) is 2.95. The Morgan fingerprint density at radius 1 is 0.634 bits per heavy atom. The quantitative estimate of drug-likeness (QED) is 0.245. The second kappa shape index (κ2) is 12.6. The maximum atomic E-state index is 11.4. The molecular formula is C37H50N2O2. The Kier molecular flexibility index (Phi) is 9.89. The van der Waals surface area contributed by atoms with Crippen molar-refractivity contribution in [3.05, 3.63) is 81.9 Å².